The maximum absolute atomic E-state index is 11.6. The van der Waals surface area contributed by atoms with Crippen LogP contribution in [-0.4, -0.2) is 16.5 Å². The minimum absolute atomic E-state index is 0. The zero-order valence-electron chi connectivity index (χ0n) is 11.3. The van der Waals surface area contributed by atoms with Gasteiger partial charge in [-0.15, -0.1) is 0 Å². The number of amides is 1. The van der Waals surface area contributed by atoms with Crippen LogP contribution in [0.25, 0.3) is 0 Å². The van der Waals surface area contributed by atoms with Gasteiger partial charge >= 0.3 is 0 Å². The van der Waals surface area contributed by atoms with Crippen molar-refractivity contribution in [3.8, 4) is 0 Å². The molecule has 0 bridgehead atoms. The van der Waals surface area contributed by atoms with Gasteiger partial charge in [0.05, 0.1) is 0 Å². The van der Waals surface area contributed by atoms with Crippen LogP contribution in [0.5, 0.6) is 0 Å². The SMILES string of the molecule is CCCC(=O)N[C@@H](Cn1ccccc1=O)C(C)C.[HH]. The number of pyridine rings is 1. The summed E-state index contributed by atoms with van der Waals surface area (Å²) < 4.78 is 1.64. The number of hydrogen-bond acceptors (Lipinski definition) is 2. The van der Waals surface area contributed by atoms with E-state index >= 15 is 0 Å². The van der Waals surface area contributed by atoms with E-state index in [1.165, 1.54) is 6.07 Å². The van der Waals surface area contributed by atoms with Gasteiger partial charge in [-0.2, -0.15) is 0 Å². The third-order valence-electron chi connectivity index (χ3n) is 2.92. The third-order valence-corrected chi connectivity index (χ3v) is 2.92. The molecule has 0 aliphatic rings. The van der Waals surface area contributed by atoms with E-state index in [9.17, 15) is 9.59 Å². The molecular formula is C14H24N2O2. The second kappa shape index (κ2) is 6.99. The van der Waals surface area contributed by atoms with Crippen LogP contribution in [-0.2, 0) is 11.3 Å². The summed E-state index contributed by atoms with van der Waals surface area (Å²) in [6.07, 6.45) is 3.12. The summed E-state index contributed by atoms with van der Waals surface area (Å²) in [5.41, 5.74) is -0.0344. The lowest BCUT2D eigenvalue weighted by molar-refractivity contribution is -0.122. The molecule has 1 rings (SSSR count). The first-order chi connectivity index (χ1) is 8.54. The van der Waals surface area contributed by atoms with Crippen LogP contribution < -0.4 is 10.9 Å². The van der Waals surface area contributed by atoms with E-state index in [0.29, 0.717) is 13.0 Å². The van der Waals surface area contributed by atoms with E-state index in [0.717, 1.165) is 6.42 Å². The normalized spacial score (nSPS) is 12.4. The molecule has 1 N–H and O–H groups in total. The molecule has 1 aromatic heterocycles. The van der Waals surface area contributed by atoms with Gasteiger partial charge in [-0.1, -0.05) is 26.8 Å². The van der Waals surface area contributed by atoms with E-state index in [2.05, 4.69) is 5.32 Å². The number of carbonyl (C=O) groups excluding carboxylic acids is 1. The second-order valence-electron chi connectivity index (χ2n) is 4.86. The molecule has 0 spiro atoms. The van der Waals surface area contributed by atoms with Gasteiger partial charge in [0, 0.05) is 32.7 Å². The van der Waals surface area contributed by atoms with E-state index in [1.54, 1.807) is 16.8 Å². The molecule has 1 heterocycles. The minimum atomic E-state index is -0.0344. The average molecular weight is 252 g/mol. The van der Waals surface area contributed by atoms with Crippen LogP contribution in [0.3, 0.4) is 0 Å². The fourth-order valence-electron chi connectivity index (χ4n) is 1.75. The Morgan fingerprint density at radius 1 is 1.44 bits per heavy atom. The summed E-state index contributed by atoms with van der Waals surface area (Å²) in [6, 6.07) is 5.07. The molecule has 0 aliphatic carbocycles. The molecule has 0 saturated carbocycles. The molecular weight excluding hydrogens is 228 g/mol. The zero-order chi connectivity index (χ0) is 13.5. The number of hydrogen-bond donors (Lipinski definition) is 1. The van der Waals surface area contributed by atoms with E-state index in [-0.39, 0.29) is 24.9 Å². The minimum Gasteiger partial charge on any atom is -0.351 e. The van der Waals surface area contributed by atoms with E-state index in [4.69, 9.17) is 0 Å². The van der Waals surface area contributed by atoms with Gasteiger partial charge in [0.2, 0.25) is 5.91 Å². The molecule has 4 nitrogen and oxygen atoms in total. The van der Waals surface area contributed by atoms with E-state index < -0.39 is 0 Å². The fourth-order valence-corrected chi connectivity index (χ4v) is 1.75. The summed E-state index contributed by atoms with van der Waals surface area (Å²) in [4.78, 5) is 23.3. The molecule has 4 heteroatoms. The quantitative estimate of drug-likeness (QED) is 0.842. The van der Waals surface area contributed by atoms with Crippen LogP contribution in [0.1, 0.15) is 35.0 Å². The van der Waals surface area contributed by atoms with Crippen molar-refractivity contribution in [2.24, 2.45) is 5.92 Å². The van der Waals surface area contributed by atoms with Gasteiger partial charge < -0.3 is 9.88 Å². The van der Waals surface area contributed by atoms with Gasteiger partial charge in [-0.25, -0.2) is 0 Å². The number of nitrogens with zero attached hydrogens (tertiary/aromatic N) is 1. The highest BCUT2D eigenvalue weighted by Crippen LogP contribution is 2.04. The predicted molar refractivity (Wildman–Crippen MR) is 74.5 cm³/mol. The summed E-state index contributed by atoms with van der Waals surface area (Å²) in [7, 11) is 0. The zero-order valence-corrected chi connectivity index (χ0v) is 11.3. The Morgan fingerprint density at radius 3 is 2.72 bits per heavy atom. The molecule has 0 fully saturated rings. The smallest absolute Gasteiger partial charge is 0.250 e. The Morgan fingerprint density at radius 2 is 2.17 bits per heavy atom. The van der Waals surface area contributed by atoms with Crippen LogP contribution in [0, 0.1) is 5.92 Å². The lowest BCUT2D eigenvalue weighted by Crippen LogP contribution is -2.43. The van der Waals surface area contributed by atoms with Crippen LogP contribution >= 0.6 is 0 Å². The first kappa shape index (κ1) is 14.5. The molecule has 18 heavy (non-hydrogen) atoms. The highest BCUT2D eigenvalue weighted by molar-refractivity contribution is 5.76. The number of nitrogens with one attached hydrogen (secondary N) is 1. The molecule has 1 atom stereocenters. The van der Waals surface area contributed by atoms with Crippen molar-refractivity contribution in [1.29, 1.82) is 0 Å². The molecule has 1 aromatic rings. The number of aromatic nitrogens is 1. The van der Waals surface area contributed by atoms with Gasteiger partial charge in [-0.3, -0.25) is 9.59 Å². The van der Waals surface area contributed by atoms with Crippen molar-refractivity contribution in [1.82, 2.24) is 9.88 Å². The molecule has 0 radical (unpaired) electrons. The monoisotopic (exact) mass is 252 g/mol. The average Bonchev–Trinajstić information content (AvgIpc) is 2.31. The summed E-state index contributed by atoms with van der Waals surface area (Å²) >= 11 is 0. The second-order valence-corrected chi connectivity index (χ2v) is 4.86. The summed E-state index contributed by atoms with van der Waals surface area (Å²) in [5, 5.41) is 2.99. The number of carbonyl (C=O) groups is 1. The topological polar surface area (TPSA) is 51.1 Å². The van der Waals surface area contributed by atoms with Crippen LogP contribution in [0.15, 0.2) is 29.2 Å². The molecule has 0 aromatic carbocycles. The van der Waals surface area contributed by atoms with Gasteiger partial charge in [0.1, 0.15) is 0 Å². The summed E-state index contributed by atoms with van der Waals surface area (Å²) in [6.45, 7) is 6.59. The first-order valence-corrected chi connectivity index (χ1v) is 6.49. The number of rotatable bonds is 6. The fraction of sp³-hybridized carbons (Fsp3) is 0.571. The third kappa shape index (κ3) is 4.35. The van der Waals surface area contributed by atoms with Crippen molar-refractivity contribution < 1.29 is 6.22 Å². The van der Waals surface area contributed by atoms with Crippen LogP contribution in [0.2, 0.25) is 0 Å². The van der Waals surface area contributed by atoms with Gasteiger partial charge in [0.15, 0.2) is 0 Å². The Labute approximate surface area is 110 Å². The van der Waals surface area contributed by atoms with Crippen molar-refractivity contribution in [3.63, 3.8) is 0 Å². The molecule has 102 valence electrons. The predicted octanol–water partition coefficient (Wildman–Crippen LogP) is 2.04. The Hall–Kier alpha value is -1.58. The van der Waals surface area contributed by atoms with Crippen LogP contribution in [0.4, 0.5) is 0 Å². The maximum Gasteiger partial charge on any atom is 0.250 e. The molecule has 0 aliphatic heterocycles. The van der Waals surface area contributed by atoms with E-state index in [1.807, 2.05) is 26.8 Å². The Balaban J connectivity index is 0.00000324. The van der Waals surface area contributed by atoms with Crippen molar-refractivity contribution in [2.75, 3.05) is 0 Å². The molecule has 1 amide bonds. The van der Waals surface area contributed by atoms with Gasteiger partial charge in [0.25, 0.3) is 5.56 Å². The Kier molecular flexibility index (Phi) is 5.62. The largest absolute Gasteiger partial charge is 0.351 e. The van der Waals surface area contributed by atoms with Crippen molar-refractivity contribution in [2.45, 2.75) is 46.2 Å². The van der Waals surface area contributed by atoms with Crippen molar-refractivity contribution in [3.05, 3.63) is 34.7 Å². The molecule has 0 unspecified atom stereocenters. The van der Waals surface area contributed by atoms with Crippen molar-refractivity contribution >= 4 is 5.91 Å². The lowest BCUT2D eigenvalue weighted by atomic mass is 10.0. The molecule has 0 saturated heterocycles. The van der Waals surface area contributed by atoms with Gasteiger partial charge in [-0.05, 0) is 18.4 Å². The highest BCUT2D eigenvalue weighted by Gasteiger charge is 2.16. The standard InChI is InChI=1S/C14H22N2O2.H2/c1-4-7-13(17)15-12(11(2)3)10-16-9-6-5-8-14(16)18;/h5-6,8-9,11-12H,4,7,10H2,1-3H3,(H,15,17);1H/t12-;/m0./s1. The first-order valence-electron chi connectivity index (χ1n) is 6.49. The lowest BCUT2D eigenvalue weighted by Gasteiger charge is -2.23. The maximum atomic E-state index is 11.6. The highest BCUT2D eigenvalue weighted by atomic mass is 16.1. The summed E-state index contributed by atoms with van der Waals surface area (Å²) in [5.74, 6) is 0.345. The Bertz CT molecular complexity index is 443.